The monoisotopic (exact) mass is 403 g/mol. The zero-order chi connectivity index (χ0) is 20.9. The molecule has 156 valence electrons. The molecule has 1 fully saturated rings. The van der Waals surface area contributed by atoms with Crippen molar-refractivity contribution < 1.29 is 9.53 Å². The fourth-order valence-electron chi connectivity index (χ4n) is 4.03. The van der Waals surface area contributed by atoms with Crippen LogP contribution < -0.4 is 15.0 Å². The number of anilines is 2. The van der Waals surface area contributed by atoms with Crippen LogP contribution in [0.5, 0.6) is 5.75 Å². The van der Waals surface area contributed by atoms with Gasteiger partial charge in [0.2, 0.25) is 5.91 Å². The molecule has 5 nitrogen and oxygen atoms in total. The molecule has 4 rings (SSSR count). The van der Waals surface area contributed by atoms with Crippen molar-refractivity contribution in [1.82, 2.24) is 4.90 Å². The Labute approximate surface area is 178 Å². The Balaban J connectivity index is 1.36. The first-order valence-electron chi connectivity index (χ1n) is 10.7. The van der Waals surface area contributed by atoms with E-state index in [4.69, 9.17) is 4.74 Å². The number of hydrogen-bond donors (Lipinski definition) is 1. The number of carbonyl (C=O) groups excluding carboxylic acids is 1. The Kier molecular flexibility index (Phi) is 6.19. The fraction of sp³-hybridized carbons (Fsp3) is 0.320. The summed E-state index contributed by atoms with van der Waals surface area (Å²) in [6.07, 6.45) is 0. The van der Waals surface area contributed by atoms with E-state index >= 15 is 0 Å². The molecule has 1 aliphatic rings. The van der Waals surface area contributed by atoms with Crippen molar-refractivity contribution in [3.63, 3.8) is 0 Å². The zero-order valence-corrected chi connectivity index (χ0v) is 17.7. The molecule has 1 heterocycles. The van der Waals surface area contributed by atoms with E-state index in [2.05, 4.69) is 33.3 Å². The van der Waals surface area contributed by atoms with E-state index in [1.54, 1.807) is 0 Å². The molecule has 30 heavy (non-hydrogen) atoms. The number of amides is 1. The van der Waals surface area contributed by atoms with Crippen molar-refractivity contribution in [2.24, 2.45) is 0 Å². The molecule has 0 unspecified atom stereocenters. The Morgan fingerprint density at radius 3 is 2.43 bits per heavy atom. The predicted molar refractivity (Wildman–Crippen MR) is 123 cm³/mol. The minimum Gasteiger partial charge on any atom is -0.492 e. The molecule has 1 amide bonds. The maximum atomic E-state index is 12.9. The van der Waals surface area contributed by atoms with Gasteiger partial charge < -0.3 is 15.0 Å². The summed E-state index contributed by atoms with van der Waals surface area (Å²) in [6.45, 7) is 8.07. The van der Waals surface area contributed by atoms with E-state index in [0.717, 1.165) is 48.7 Å². The number of para-hydroxylation sites is 2. The molecule has 0 radical (unpaired) electrons. The minimum atomic E-state index is -0.180. The van der Waals surface area contributed by atoms with Gasteiger partial charge in [-0.25, -0.2) is 0 Å². The maximum Gasteiger partial charge on any atom is 0.241 e. The highest BCUT2D eigenvalue weighted by atomic mass is 16.5. The normalized spacial score (nSPS) is 15.7. The standard InChI is InChI=1S/C25H29N3O2/c1-3-30-24-11-7-6-10-23(24)28-16-14-27(15-17-28)19(2)25(29)26-22-13-12-20-8-4-5-9-21(20)18-22/h4-13,18-19H,3,14-17H2,1-2H3,(H,26,29)/t19-/m0/s1. The quantitative estimate of drug-likeness (QED) is 0.663. The third-order valence-corrected chi connectivity index (χ3v) is 5.76. The van der Waals surface area contributed by atoms with Crippen molar-refractivity contribution >= 4 is 28.1 Å². The fourth-order valence-corrected chi connectivity index (χ4v) is 4.03. The average Bonchev–Trinajstić information content (AvgIpc) is 2.79. The van der Waals surface area contributed by atoms with Crippen LogP contribution in [0.4, 0.5) is 11.4 Å². The van der Waals surface area contributed by atoms with E-state index in [-0.39, 0.29) is 11.9 Å². The van der Waals surface area contributed by atoms with Crippen LogP contribution in [0, 0.1) is 0 Å². The summed E-state index contributed by atoms with van der Waals surface area (Å²) in [5.41, 5.74) is 1.97. The molecular formula is C25H29N3O2. The Hall–Kier alpha value is -3.05. The molecule has 5 heteroatoms. The van der Waals surface area contributed by atoms with Gasteiger partial charge >= 0.3 is 0 Å². The van der Waals surface area contributed by atoms with E-state index in [9.17, 15) is 4.79 Å². The van der Waals surface area contributed by atoms with Gasteiger partial charge in [0.15, 0.2) is 0 Å². The van der Waals surface area contributed by atoms with E-state index in [0.29, 0.717) is 6.61 Å². The molecule has 0 aliphatic carbocycles. The first-order valence-corrected chi connectivity index (χ1v) is 10.7. The number of piperazine rings is 1. The van der Waals surface area contributed by atoms with Crippen LogP contribution in [0.15, 0.2) is 66.7 Å². The number of ether oxygens (including phenoxy) is 1. The lowest BCUT2D eigenvalue weighted by atomic mass is 10.1. The molecule has 0 saturated carbocycles. The molecule has 0 bridgehead atoms. The van der Waals surface area contributed by atoms with Crippen molar-refractivity contribution in [1.29, 1.82) is 0 Å². The second-order valence-corrected chi connectivity index (χ2v) is 7.65. The van der Waals surface area contributed by atoms with Gasteiger partial charge in [0.1, 0.15) is 5.75 Å². The van der Waals surface area contributed by atoms with E-state index < -0.39 is 0 Å². The lowest BCUT2D eigenvalue weighted by Gasteiger charge is -2.39. The van der Waals surface area contributed by atoms with Crippen molar-refractivity contribution in [2.75, 3.05) is 43.0 Å². The second kappa shape index (κ2) is 9.18. The molecule has 3 aromatic carbocycles. The Bertz CT molecular complexity index is 1010. The minimum absolute atomic E-state index is 0.0356. The van der Waals surface area contributed by atoms with Gasteiger partial charge in [-0.05, 0) is 48.9 Å². The second-order valence-electron chi connectivity index (χ2n) is 7.65. The highest BCUT2D eigenvalue weighted by Gasteiger charge is 2.26. The van der Waals surface area contributed by atoms with Crippen LogP contribution in [0.2, 0.25) is 0 Å². The summed E-state index contributed by atoms with van der Waals surface area (Å²) >= 11 is 0. The number of nitrogens with zero attached hydrogens (tertiary/aromatic N) is 2. The summed E-state index contributed by atoms with van der Waals surface area (Å²) in [4.78, 5) is 17.4. The molecule has 1 saturated heterocycles. The summed E-state index contributed by atoms with van der Waals surface area (Å²) in [7, 11) is 0. The highest BCUT2D eigenvalue weighted by molar-refractivity contribution is 5.97. The van der Waals surface area contributed by atoms with Gasteiger partial charge in [-0.1, -0.05) is 42.5 Å². The number of fused-ring (bicyclic) bond motifs is 1. The molecule has 1 N–H and O–H groups in total. The van der Waals surface area contributed by atoms with Crippen LogP contribution >= 0.6 is 0 Å². The van der Waals surface area contributed by atoms with Crippen molar-refractivity contribution in [3.8, 4) is 5.75 Å². The van der Waals surface area contributed by atoms with Gasteiger partial charge in [-0.2, -0.15) is 0 Å². The van der Waals surface area contributed by atoms with Crippen LogP contribution in [0.1, 0.15) is 13.8 Å². The Morgan fingerprint density at radius 2 is 1.67 bits per heavy atom. The summed E-state index contributed by atoms with van der Waals surface area (Å²) in [5.74, 6) is 0.962. The first-order chi connectivity index (χ1) is 14.7. The van der Waals surface area contributed by atoms with Crippen LogP contribution in [0.25, 0.3) is 10.8 Å². The van der Waals surface area contributed by atoms with Gasteiger partial charge in [-0.3, -0.25) is 9.69 Å². The molecular weight excluding hydrogens is 374 g/mol. The molecule has 0 spiro atoms. The topological polar surface area (TPSA) is 44.8 Å². The summed E-state index contributed by atoms with van der Waals surface area (Å²) < 4.78 is 5.78. The molecule has 3 aromatic rings. The number of rotatable bonds is 6. The van der Waals surface area contributed by atoms with Crippen molar-refractivity contribution in [2.45, 2.75) is 19.9 Å². The van der Waals surface area contributed by atoms with Crippen molar-refractivity contribution in [3.05, 3.63) is 66.7 Å². The van der Waals surface area contributed by atoms with Crippen LogP contribution in [-0.2, 0) is 4.79 Å². The lowest BCUT2D eigenvalue weighted by Crippen LogP contribution is -2.52. The number of nitrogens with one attached hydrogen (secondary N) is 1. The third-order valence-electron chi connectivity index (χ3n) is 5.76. The van der Waals surface area contributed by atoms with Crippen LogP contribution in [0.3, 0.4) is 0 Å². The van der Waals surface area contributed by atoms with Gasteiger partial charge in [-0.15, -0.1) is 0 Å². The number of benzene rings is 3. The molecule has 1 aliphatic heterocycles. The average molecular weight is 404 g/mol. The largest absolute Gasteiger partial charge is 0.492 e. The van der Waals surface area contributed by atoms with Gasteiger partial charge in [0, 0.05) is 31.9 Å². The highest BCUT2D eigenvalue weighted by Crippen LogP contribution is 2.29. The molecule has 1 atom stereocenters. The van der Waals surface area contributed by atoms with Crippen LogP contribution in [-0.4, -0.2) is 49.6 Å². The van der Waals surface area contributed by atoms with E-state index in [1.807, 2.05) is 62.4 Å². The van der Waals surface area contributed by atoms with E-state index in [1.165, 1.54) is 5.39 Å². The first kappa shape index (κ1) is 20.2. The third kappa shape index (κ3) is 4.41. The maximum absolute atomic E-state index is 12.9. The van der Waals surface area contributed by atoms with Gasteiger partial charge in [0.25, 0.3) is 0 Å². The SMILES string of the molecule is CCOc1ccccc1N1CCN([C@@H](C)C(=O)Nc2ccc3ccccc3c2)CC1. The zero-order valence-electron chi connectivity index (χ0n) is 17.7. The Morgan fingerprint density at radius 1 is 0.967 bits per heavy atom. The van der Waals surface area contributed by atoms with Gasteiger partial charge in [0.05, 0.1) is 18.3 Å². The smallest absolute Gasteiger partial charge is 0.241 e. The summed E-state index contributed by atoms with van der Waals surface area (Å²) in [5, 5.41) is 5.39. The number of carbonyl (C=O) groups is 1. The number of hydrogen-bond acceptors (Lipinski definition) is 4. The predicted octanol–water partition coefficient (Wildman–Crippen LogP) is 4.39. The molecule has 0 aromatic heterocycles. The summed E-state index contributed by atoms with van der Waals surface area (Å²) in [6, 6.07) is 22.2. The lowest BCUT2D eigenvalue weighted by molar-refractivity contribution is -0.120.